The third-order valence-electron chi connectivity index (χ3n) is 6.17. The molecule has 0 spiro atoms. The molecule has 1 aromatic carbocycles. The molecule has 1 fully saturated rings. The number of halogens is 2. The maximum Gasteiger partial charge on any atom is 0.274 e. The summed E-state index contributed by atoms with van der Waals surface area (Å²) in [5.41, 5.74) is 2.02. The van der Waals surface area contributed by atoms with Crippen LogP contribution in [0, 0.1) is 18.7 Å². The molecule has 0 saturated carbocycles. The van der Waals surface area contributed by atoms with Crippen LogP contribution in [-0.2, 0) is 6.54 Å². The summed E-state index contributed by atoms with van der Waals surface area (Å²) in [6.45, 7) is 3.38. The van der Waals surface area contributed by atoms with Gasteiger partial charge in [-0.25, -0.2) is 13.9 Å². The fraction of sp³-hybridized carbons (Fsp3) is 0.304. The second-order valence-electron chi connectivity index (χ2n) is 8.45. The van der Waals surface area contributed by atoms with E-state index in [2.05, 4.69) is 30.6 Å². The number of hydrogen-bond acceptors (Lipinski definition) is 6. The molecule has 4 heterocycles. The number of hydrogen-bond donors (Lipinski definition) is 3. The first-order chi connectivity index (χ1) is 16.4. The van der Waals surface area contributed by atoms with Gasteiger partial charge in [0.05, 0.1) is 17.4 Å². The van der Waals surface area contributed by atoms with Gasteiger partial charge in [-0.2, -0.15) is 9.49 Å². The highest BCUT2D eigenvalue weighted by atomic mass is 19.1. The number of H-pyrrole nitrogens is 1. The lowest BCUT2D eigenvalue weighted by atomic mass is 10.1. The number of aromatic nitrogens is 4. The maximum atomic E-state index is 15.3. The number of fused-ring (bicyclic) bond motifs is 3. The number of aromatic amines is 1. The Balaban J connectivity index is 1.32. The lowest BCUT2D eigenvalue weighted by Crippen LogP contribution is -2.27. The topological polar surface area (TPSA) is 107 Å². The Bertz CT molecular complexity index is 1480. The number of carbonyl (C=O) groups excluding carboxylic acids is 1. The van der Waals surface area contributed by atoms with Crippen molar-refractivity contribution in [2.24, 2.45) is 0 Å². The first-order valence-corrected chi connectivity index (χ1v) is 10.9. The lowest BCUT2D eigenvalue weighted by Gasteiger charge is -2.18. The molecule has 34 heavy (non-hydrogen) atoms. The molecule has 176 valence electrons. The van der Waals surface area contributed by atoms with Gasteiger partial charge in [-0.15, -0.1) is 0 Å². The maximum absolute atomic E-state index is 15.3. The van der Waals surface area contributed by atoms with Gasteiger partial charge in [0, 0.05) is 43.9 Å². The van der Waals surface area contributed by atoms with E-state index in [4.69, 9.17) is 0 Å². The van der Waals surface area contributed by atoms with Crippen molar-refractivity contribution in [1.82, 2.24) is 29.8 Å². The zero-order valence-electron chi connectivity index (χ0n) is 18.7. The SMILES string of the molecule is CNC(=O)c1ccc(N[C@@H]2CCN(Cc3ccc4c([nH]c(=O)c5c(C)cnn54)c3F)C2)c(F)n1. The minimum absolute atomic E-state index is 0.00553. The van der Waals surface area contributed by atoms with E-state index in [1.54, 1.807) is 25.3 Å². The molecule has 4 aromatic rings. The predicted molar refractivity (Wildman–Crippen MR) is 123 cm³/mol. The zero-order valence-corrected chi connectivity index (χ0v) is 18.7. The minimum Gasteiger partial charge on any atom is -0.377 e. The average molecular weight is 467 g/mol. The van der Waals surface area contributed by atoms with Gasteiger partial charge in [0.15, 0.2) is 5.82 Å². The Hall–Kier alpha value is -3.86. The number of rotatable bonds is 5. The molecule has 0 bridgehead atoms. The van der Waals surface area contributed by atoms with Crippen LogP contribution in [0.3, 0.4) is 0 Å². The highest BCUT2D eigenvalue weighted by Gasteiger charge is 2.25. The second kappa shape index (κ2) is 8.49. The number of aryl methyl sites for hydroxylation is 1. The number of likely N-dealkylation sites (tertiary alicyclic amines) is 1. The first kappa shape index (κ1) is 22.0. The van der Waals surface area contributed by atoms with Crippen LogP contribution in [0.2, 0.25) is 0 Å². The van der Waals surface area contributed by atoms with E-state index in [0.29, 0.717) is 36.2 Å². The molecular weight excluding hydrogens is 444 g/mol. The fourth-order valence-electron chi connectivity index (χ4n) is 4.44. The van der Waals surface area contributed by atoms with Gasteiger partial charge in [0.1, 0.15) is 16.7 Å². The summed E-state index contributed by atoms with van der Waals surface area (Å²) in [5, 5.41) is 9.74. The molecule has 11 heteroatoms. The Labute approximate surface area is 192 Å². The Morgan fingerprint density at radius 1 is 1.26 bits per heavy atom. The number of amides is 1. The third kappa shape index (κ3) is 3.77. The second-order valence-corrected chi connectivity index (χ2v) is 8.45. The normalized spacial score (nSPS) is 16.4. The van der Waals surface area contributed by atoms with E-state index in [1.165, 1.54) is 23.7 Å². The molecule has 1 aliphatic heterocycles. The van der Waals surface area contributed by atoms with Crippen LogP contribution in [0.1, 0.15) is 28.0 Å². The van der Waals surface area contributed by atoms with Gasteiger partial charge in [-0.3, -0.25) is 14.5 Å². The van der Waals surface area contributed by atoms with Crippen molar-refractivity contribution >= 4 is 28.1 Å². The van der Waals surface area contributed by atoms with Gasteiger partial charge in [0.2, 0.25) is 5.95 Å². The molecule has 9 nitrogen and oxygen atoms in total. The summed E-state index contributed by atoms with van der Waals surface area (Å²) in [7, 11) is 1.45. The smallest absolute Gasteiger partial charge is 0.274 e. The molecule has 1 aliphatic rings. The van der Waals surface area contributed by atoms with Crippen molar-refractivity contribution in [2.45, 2.75) is 25.9 Å². The monoisotopic (exact) mass is 467 g/mol. The largest absolute Gasteiger partial charge is 0.377 e. The number of nitrogens with zero attached hydrogens (tertiary/aromatic N) is 4. The Kier molecular flexibility index (Phi) is 5.48. The Morgan fingerprint density at radius 3 is 2.85 bits per heavy atom. The summed E-state index contributed by atoms with van der Waals surface area (Å²) in [4.78, 5) is 32.5. The number of nitrogens with one attached hydrogen (secondary N) is 3. The third-order valence-corrected chi connectivity index (χ3v) is 6.17. The van der Waals surface area contributed by atoms with Crippen molar-refractivity contribution < 1.29 is 13.6 Å². The van der Waals surface area contributed by atoms with E-state index >= 15 is 4.39 Å². The number of anilines is 1. The minimum atomic E-state index is -0.746. The lowest BCUT2D eigenvalue weighted by molar-refractivity contribution is 0.0957. The van der Waals surface area contributed by atoms with Crippen molar-refractivity contribution in [1.29, 1.82) is 0 Å². The molecule has 5 rings (SSSR count). The summed E-state index contributed by atoms with van der Waals surface area (Å²) < 4.78 is 31.1. The van der Waals surface area contributed by atoms with E-state index in [1.807, 2.05) is 0 Å². The molecule has 0 aliphatic carbocycles. The van der Waals surface area contributed by atoms with Gasteiger partial charge < -0.3 is 15.6 Å². The van der Waals surface area contributed by atoms with E-state index < -0.39 is 17.7 Å². The summed E-state index contributed by atoms with van der Waals surface area (Å²) in [5.74, 6) is -1.69. The van der Waals surface area contributed by atoms with Crippen LogP contribution >= 0.6 is 0 Å². The molecule has 0 radical (unpaired) electrons. The quantitative estimate of drug-likeness (QED) is 0.389. The first-order valence-electron chi connectivity index (χ1n) is 10.9. The molecule has 0 unspecified atom stereocenters. The van der Waals surface area contributed by atoms with Crippen LogP contribution in [0.25, 0.3) is 16.6 Å². The molecule has 3 N–H and O–H groups in total. The number of benzene rings is 1. The van der Waals surface area contributed by atoms with Crippen LogP contribution in [0.5, 0.6) is 0 Å². The van der Waals surface area contributed by atoms with E-state index in [9.17, 15) is 14.0 Å². The summed E-state index contributed by atoms with van der Waals surface area (Å²) in [6, 6.07) is 6.35. The van der Waals surface area contributed by atoms with Gasteiger partial charge in [-0.05, 0) is 31.5 Å². The molecule has 1 atom stereocenters. The molecule has 1 amide bonds. The van der Waals surface area contributed by atoms with Gasteiger partial charge in [-0.1, -0.05) is 6.07 Å². The predicted octanol–water partition coefficient (Wildman–Crippen LogP) is 2.20. The van der Waals surface area contributed by atoms with E-state index in [-0.39, 0.29) is 28.5 Å². The standard InChI is InChI=1S/C23H23F2N7O2/c1-12-9-27-32-17-6-3-13(18(24)19(17)30-23(34)20(12)32)10-31-8-7-14(11-31)28-15-4-5-16(22(33)26-2)29-21(15)25/h3-6,9,14,28H,7-8,10-11H2,1-2H3,(H,26,33)(H,30,34)/t14-/m1/s1. The van der Waals surface area contributed by atoms with Crippen molar-refractivity contribution in [2.75, 3.05) is 25.5 Å². The van der Waals surface area contributed by atoms with Crippen molar-refractivity contribution in [3.05, 3.63) is 69.4 Å². The van der Waals surface area contributed by atoms with Crippen LogP contribution in [-0.4, -0.2) is 56.6 Å². The van der Waals surface area contributed by atoms with Gasteiger partial charge >= 0.3 is 0 Å². The van der Waals surface area contributed by atoms with Crippen LogP contribution in [0.15, 0.2) is 35.3 Å². The van der Waals surface area contributed by atoms with Crippen molar-refractivity contribution in [3.63, 3.8) is 0 Å². The molecule has 3 aromatic heterocycles. The molecular formula is C23H23F2N7O2. The fourth-order valence-corrected chi connectivity index (χ4v) is 4.44. The highest BCUT2D eigenvalue weighted by Crippen LogP contribution is 2.24. The van der Waals surface area contributed by atoms with Crippen LogP contribution in [0.4, 0.5) is 14.5 Å². The number of carbonyl (C=O) groups is 1. The Morgan fingerprint density at radius 2 is 2.09 bits per heavy atom. The summed E-state index contributed by atoms with van der Waals surface area (Å²) in [6.07, 6.45) is 2.31. The zero-order chi connectivity index (χ0) is 24.0. The van der Waals surface area contributed by atoms with E-state index in [0.717, 1.165) is 12.0 Å². The highest BCUT2D eigenvalue weighted by molar-refractivity contribution is 5.92. The van der Waals surface area contributed by atoms with Crippen LogP contribution < -0.4 is 16.2 Å². The molecule has 1 saturated heterocycles. The van der Waals surface area contributed by atoms with Crippen molar-refractivity contribution in [3.8, 4) is 0 Å². The summed E-state index contributed by atoms with van der Waals surface area (Å²) >= 11 is 0. The number of pyridine rings is 1. The average Bonchev–Trinajstić information content (AvgIpc) is 3.43. The van der Waals surface area contributed by atoms with Gasteiger partial charge in [0.25, 0.3) is 11.5 Å².